The van der Waals surface area contributed by atoms with E-state index in [1.54, 1.807) is 25.1 Å². The molecule has 0 bridgehead atoms. The molecule has 0 aromatic heterocycles. The highest BCUT2D eigenvalue weighted by Crippen LogP contribution is 2.33. The molecule has 0 fully saturated rings. The quantitative estimate of drug-likeness (QED) is 0.692. The van der Waals surface area contributed by atoms with E-state index in [-0.39, 0.29) is 11.5 Å². The maximum atomic E-state index is 13.1. The number of benzene rings is 2. The largest absolute Gasteiger partial charge is 0.416 e. The summed E-state index contributed by atoms with van der Waals surface area (Å²) in [5, 5.41) is 7.55. The van der Waals surface area contributed by atoms with Gasteiger partial charge in [0.2, 0.25) is 5.91 Å². The molecule has 2 aromatic rings. The SMILES string of the molecule is CNC(=O)c1cccc(NC(=O)[C@@](C)(NC(C)=O)c2cccc(C(F)(F)F)c2)c1C. The Kier molecular flexibility index (Phi) is 6.54. The zero-order valence-corrected chi connectivity index (χ0v) is 16.9. The summed E-state index contributed by atoms with van der Waals surface area (Å²) in [6.07, 6.45) is -4.61. The standard InChI is InChI=1S/C21H22F3N3O3/c1-12-16(18(29)25-4)9-6-10-17(12)26-19(30)20(3,27-13(2)28)14-7-5-8-15(11-14)21(22,23)24/h5-11H,1-4H3,(H,25,29)(H,26,30)(H,27,28)/t20-/m0/s1. The third kappa shape index (κ3) is 4.79. The molecule has 6 nitrogen and oxygen atoms in total. The molecule has 0 spiro atoms. The second kappa shape index (κ2) is 8.56. The molecule has 30 heavy (non-hydrogen) atoms. The lowest BCUT2D eigenvalue weighted by Gasteiger charge is -2.30. The third-order valence-corrected chi connectivity index (χ3v) is 4.70. The third-order valence-electron chi connectivity index (χ3n) is 4.70. The van der Waals surface area contributed by atoms with E-state index in [1.807, 2.05) is 0 Å². The predicted octanol–water partition coefficient (Wildman–Crippen LogP) is 3.36. The first-order chi connectivity index (χ1) is 13.9. The van der Waals surface area contributed by atoms with Crippen LogP contribution in [-0.2, 0) is 21.3 Å². The lowest BCUT2D eigenvalue weighted by molar-refractivity contribution is -0.137. The van der Waals surface area contributed by atoms with Gasteiger partial charge in [0.1, 0.15) is 5.54 Å². The van der Waals surface area contributed by atoms with Crippen LogP contribution < -0.4 is 16.0 Å². The molecule has 1 atom stereocenters. The molecule has 3 amide bonds. The fourth-order valence-corrected chi connectivity index (χ4v) is 3.02. The van der Waals surface area contributed by atoms with Gasteiger partial charge in [-0.15, -0.1) is 0 Å². The molecule has 160 valence electrons. The number of carbonyl (C=O) groups excluding carboxylic acids is 3. The molecular weight excluding hydrogens is 399 g/mol. The summed E-state index contributed by atoms with van der Waals surface area (Å²) in [6.45, 7) is 4.11. The Morgan fingerprint density at radius 3 is 2.13 bits per heavy atom. The number of nitrogens with one attached hydrogen (secondary N) is 3. The van der Waals surface area contributed by atoms with E-state index in [1.165, 1.54) is 26.1 Å². The monoisotopic (exact) mass is 421 g/mol. The van der Waals surface area contributed by atoms with E-state index in [4.69, 9.17) is 0 Å². The van der Waals surface area contributed by atoms with Crippen molar-refractivity contribution in [3.8, 4) is 0 Å². The molecule has 0 aliphatic carbocycles. The Labute approximate surface area is 171 Å². The highest BCUT2D eigenvalue weighted by atomic mass is 19.4. The van der Waals surface area contributed by atoms with E-state index < -0.39 is 29.1 Å². The number of rotatable bonds is 5. The van der Waals surface area contributed by atoms with Crippen molar-refractivity contribution < 1.29 is 27.6 Å². The lowest BCUT2D eigenvalue weighted by Crippen LogP contribution is -2.51. The van der Waals surface area contributed by atoms with Crippen LogP contribution in [0.2, 0.25) is 0 Å². The van der Waals surface area contributed by atoms with Crippen molar-refractivity contribution in [2.75, 3.05) is 12.4 Å². The maximum absolute atomic E-state index is 13.1. The smallest absolute Gasteiger partial charge is 0.355 e. The lowest BCUT2D eigenvalue weighted by atomic mass is 9.89. The molecule has 0 unspecified atom stereocenters. The first kappa shape index (κ1) is 22.9. The number of amides is 3. The summed E-state index contributed by atoms with van der Waals surface area (Å²) in [5.74, 6) is -1.71. The summed E-state index contributed by atoms with van der Waals surface area (Å²) in [6, 6.07) is 8.90. The van der Waals surface area contributed by atoms with Crippen molar-refractivity contribution in [1.82, 2.24) is 10.6 Å². The maximum Gasteiger partial charge on any atom is 0.416 e. The van der Waals surface area contributed by atoms with Crippen LogP contribution in [0.3, 0.4) is 0 Å². The fourth-order valence-electron chi connectivity index (χ4n) is 3.02. The number of hydrogen-bond acceptors (Lipinski definition) is 3. The van der Waals surface area contributed by atoms with Gasteiger partial charge in [-0.3, -0.25) is 14.4 Å². The van der Waals surface area contributed by atoms with Gasteiger partial charge >= 0.3 is 6.18 Å². The van der Waals surface area contributed by atoms with Crippen LogP contribution in [-0.4, -0.2) is 24.8 Å². The van der Waals surface area contributed by atoms with Crippen LogP contribution in [0.5, 0.6) is 0 Å². The topological polar surface area (TPSA) is 87.3 Å². The van der Waals surface area contributed by atoms with Crippen molar-refractivity contribution in [2.45, 2.75) is 32.5 Å². The Morgan fingerprint density at radius 1 is 0.967 bits per heavy atom. The molecule has 0 radical (unpaired) electrons. The summed E-state index contributed by atoms with van der Waals surface area (Å²) < 4.78 is 39.4. The van der Waals surface area contributed by atoms with E-state index in [0.29, 0.717) is 16.8 Å². The molecule has 0 heterocycles. The molecule has 2 rings (SSSR count). The van der Waals surface area contributed by atoms with Gasteiger partial charge < -0.3 is 16.0 Å². The fraction of sp³-hybridized carbons (Fsp3) is 0.286. The van der Waals surface area contributed by atoms with Gasteiger partial charge in [0, 0.05) is 25.2 Å². The van der Waals surface area contributed by atoms with Gasteiger partial charge in [-0.2, -0.15) is 13.2 Å². The van der Waals surface area contributed by atoms with Gasteiger partial charge in [-0.05, 0) is 49.2 Å². The van der Waals surface area contributed by atoms with E-state index in [9.17, 15) is 27.6 Å². The van der Waals surface area contributed by atoms with Crippen LogP contribution in [0.25, 0.3) is 0 Å². The second-order valence-corrected chi connectivity index (χ2v) is 6.90. The van der Waals surface area contributed by atoms with Crippen molar-refractivity contribution >= 4 is 23.4 Å². The summed E-state index contributed by atoms with van der Waals surface area (Å²) in [5.41, 5.74) is -1.67. The molecule has 3 N–H and O–H groups in total. The normalized spacial score (nSPS) is 13.2. The zero-order chi connectivity index (χ0) is 22.7. The van der Waals surface area contributed by atoms with Crippen LogP contribution in [0, 0.1) is 6.92 Å². The van der Waals surface area contributed by atoms with Crippen LogP contribution in [0.1, 0.15) is 40.9 Å². The van der Waals surface area contributed by atoms with Crippen LogP contribution in [0.4, 0.5) is 18.9 Å². The van der Waals surface area contributed by atoms with Gasteiger partial charge in [0.05, 0.1) is 5.56 Å². The van der Waals surface area contributed by atoms with Crippen molar-refractivity contribution in [2.24, 2.45) is 0 Å². The highest BCUT2D eigenvalue weighted by molar-refractivity contribution is 6.03. The molecule has 0 saturated carbocycles. The predicted molar refractivity (Wildman–Crippen MR) is 106 cm³/mol. The molecule has 0 aliphatic rings. The van der Waals surface area contributed by atoms with Gasteiger partial charge in [-0.25, -0.2) is 0 Å². The first-order valence-corrected chi connectivity index (χ1v) is 8.99. The van der Waals surface area contributed by atoms with Crippen molar-refractivity contribution in [3.05, 3.63) is 64.7 Å². The highest BCUT2D eigenvalue weighted by Gasteiger charge is 2.39. The minimum absolute atomic E-state index is 0.0369. The second-order valence-electron chi connectivity index (χ2n) is 6.90. The van der Waals surface area contributed by atoms with Gasteiger partial charge in [0.25, 0.3) is 11.8 Å². The Morgan fingerprint density at radius 2 is 1.57 bits per heavy atom. The Bertz CT molecular complexity index is 989. The van der Waals surface area contributed by atoms with E-state index in [0.717, 1.165) is 19.1 Å². The van der Waals surface area contributed by atoms with Crippen molar-refractivity contribution in [3.63, 3.8) is 0 Å². The van der Waals surface area contributed by atoms with Gasteiger partial charge in [-0.1, -0.05) is 18.2 Å². The average Bonchev–Trinajstić information content (AvgIpc) is 2.67. The first-order valence-electron chi connectivity index (χ1n) is 8.99. The molecule has 0 aliphatic heterocycles. The Hall–Kier alpha value is -3.36. The summed E-state index contributed by atoms with van der Waals surface area (Å²) in [7, 11) is 1.47. The number of anilines is 1. The molecule has 9 heteroatoms. The minimum atomic E-state index is -4.61. The zero-order valence-electron chi connectivity index (χ0n) is 16.9. The summed E-state index contributed by atoms with van der Waals surface area (Å²) >= 11 is 0. The van der Waals surface area contributed by atoms with E-state index >= 15 is 0 Å². The molecule has 2 aromatic carbocycles. The number of alkyl halides is 3. The minimum Gasteiger partial charge on any atom is -0.355 e. The molecular formula is C21H22F3N3O3. The van der Waals surface area contributed by atoms with Crippen molar-refractivity contribution in [1.29, 1.82) is 0 Å². The van der Waals surface area contributed by atoms with Gasteiger partial charge in [0.15, 0.2) is 0 Å². The Balaban J connectivity index is 2.49. The number of hydrogen-bond donors (Lipinski definition) is 3. The van der Waals surface area contributed by atoms with E-state index in [2.05, 4.69) is 16.0 Å². The average molecular weight is 421 g/mol. The summed E-state index contributed by atoms with van der Waals surface area (Å²) in [4.78, 5) is 36.9. The molecule has 0 saturated heterocycles. The van der Waals surface area contributed by atoms with Crippen LogP contribution >= 0.6 is 0 Å². The number of halogens is 3. The van der Waals surface area contributed by atoms with Crippen LogP contribution in [0.15, 0.2) is 42.5 Å². The number of carbonyl (C=O) groups is 3.